The SMILES string of the molecule is COc1cccc(Nc2c(C(N)=O)cnc3c(C)cc(Sc4cccc(C(=O)Nc5ccc(C#CCCCNC[C@H](O)c6ccc(O)c7c6OCC(=O)N7)cc5)c4)cc23)c1. The number of aliphatic hydroxyl groups is 1. The summed E-state index contributed by atoms with van der Waals surface area (Å²) < 4.78 is 10.8. The van der Waals surface area contributed by atoms with Gasteiger partial charge in [-0.15, -0.1) is 0 Å². The molecule has 2 heterocycles. The Morgan fingerprint density at radius 3 is 2.63 bits per heavy atom. The van der Waals surface area contributed by atoms with Crippen LogP contribution in [0.15, 0.2) is 113 Å². The molecule has 1 aliphatic rings. The highest BCUT2D eigenvalue weighted by Gasteiger charge is 2.25. The lowest BCUT2D eigenvalue weighted by molar-refractivity contribution is -0.118. The van der Waals surface area contributed by atoms with Crippen LogP contribution in [0.4, 0.5) is 22.7 Å². The number of amides is 3. The molecule has 60 heavy (non-hydrogen) atoms. The molecule has 13 nitrogen and oxygen atoms in total. The van der Waals surface area contributed by atoms with Crippen molar-refractivity contribution < 1.29 is 34.1 Å². The number of ether oxygens (including phenoxy) is 2. The fraction of sp³-hybridized carbons (Fsp3) is 0.174. The Morgan fingerprint density at radius 2 is 1.83 bits per heavy atom. The van der Waals surface area contributed by atoms with Gasteiger partial charge in [0.1, 0.15) is 17.2 Å². The highest BCUT2D eigenvalue weighted by atomic mass is 32.2. The molecule has 7 rings (SSSR count). The van der Waals surface area contributed by atoms with Gasteiger partial charge in [0.15, 0.2) is 12.4 Å². The molecule has 0 radical (unpaired) electrons. The van der Waals surface area contributed by atoms with Crippen molar-refractivity contribution >= 4 is 63.1 Å². The Balaban J connectivity index is 0.930. The maximum Gasteiger partial charge on any atom is 0.262 e. The molecule has 5 aromatic carbocycles. The number of aromatic nitrogens is 1. The van der Waals surface area contributed by atoms with Crippen LogP contribution < -0.4 is 36.5 Å². The van der Waals surface area contributed by atoms with Gasteiger partial charge in [0, 0.05) is 68.5 Å². The average Bonchev–Trinajstić information content (AvgIpc) is 3.24. The quantitative estimate of drug-likeness (QED) is 0.0331. The Morgan fingerprint density at radius 1 is 1.02 bits per heavy atom. The van der Waals surface area contributed by atoms with Crippen molar-refractivity contribution in [3.8, 4) is 29.1 Å². The smallest absolute Gasteiger partial charge is 0.262 e. The molecule has 0 spiro atoms. The van der Waals surface area contributed by atoms with E-state index in [0.29, 0.717) is 41.2 Å². The van der Waals surface area contributed by atoms with Gasteiger partial charge in [-0.2, -0.15) is 0 Å². The molecule has 3 amide bonds. The van der Waals surface area contributed by atoms with E-state index in [1.54, 1.807) is 19.2 Å². The molecule has 0 aliphatic carbocycles. The molecule has 0 saturated carbocycles. The first-order chi connectivity index (χ1) is 29.1. The molecule has 8 N–H and O–H groups in total. The highest BCUT2D eigenvalue weighted by molar-refractivity contribution is 7.99. The molecule has 1 aliphatic heterocycles. The lowest BCUT2D eigenvalue weighted by Crippen LogP contribution is -2.28. The van der Waals surface area contributed by atoms with Gasteiger partial charge in [-0.25, -0.2) is 0 Å². The number of pyridine rings is 1. The summed E-state index contributed by atoms with van der Waals surface area (Å²) in [5, 5.41) is 33.6. The second-order valence-electron chi connectivity index (χ2n) is 13.9. The number of benzene rings is 5. The zero-order valence-electron chi connectivity index (χ0n) is 32.8. The van der Waals surface area contributed by atoms with Crippen molar-refractivity contribution in [3.05, 3.63) is 131 Å². The number of anilines is 4. The molecule has 0 bridgehead atoms. The van der Waals surface area contributed by atoms with Crippen LogP contribution in [0.25, 0.3) is 10.9 Å². The molecule has 1 aromatic heterocycles. The monoisotopic (exact) mass is 822 g/mol. The minimum Gasteiger partial charge on any atom is -0.506 e. The first-order valence-corrected chi connectivity index (χ1v) is 19.9. The average molecular weight is 823 g/mol. The topological polar surface area (TPSA) is 197 Å². The third-order valence-corrected chi connectivity index (χ3v) is 10.5. The Labute approximate surface area is 350 Å². The summed E-state index contributed by atoms with van der Waals surface area (Å²) in [6.45, 7) is 2.65. The highest BCUT2D eigenvalue weighted by Crippen LogP contribution is 2.41. The van der Waals surface area contributed by atoms with E-state index in [1.165, 1.54) is 24.0 Å². The molecule has 304 valence electrons. The van der Waals surface area contributed by atoms with Gasteiger partial charge in [-0.05, 0) is 104 Å². The van der Waals surface area contributed by atoms with Crippen LogP contribution in [0, 0.1) is 18.8 Å². The molecule has 0 fully saturated rings. The Bertz CT molecular complexity index is 2660. The van der Waals surface area contributed by atoms with Crippen LogP contribution in [0.1, 0.15) is 56.4 Å². The van der Waals surface area contributed by atoms with Crippen LogP contribution >= 0.6 is 11.8 Å². The number of unbranched alkanes of at least 4 members (excludes halogenated alkanes) is 1. The number of fused-ring (bicyclic) bond motifs is 2. The number of nitrogens with zero attached hydrogens (tertiary/aromatic N) is 1. The maximum absolute atomic E-state index is 13.3. The van der Waals surface area contributed by atoms with Gasteiger partial charge < -0.3 is 46.7 Å². The van der Waals surface area contributed by atoms with Gasteiger partial charge in [-0.1, -0.05) is 35.7 Å². The van der Waals surface area contributed by atoms with Gasteiger partial charge in [0.25, 0.3) is 17.7 Å². The maximum atomic E-state index is 13.3. The summed E-state index contributed by atoms with van der Waals surface area (Å²) in [6, 6.07) is 29.0. The minimum atomic E-state index is -0.899. The molecular formula is C46H42N6O7S. The minimum absolute atomic E-state index is 0.122. The number of hydrogen-bond acceptors (Lipinski definition) is 11. The van der Waals surface area contributed by atoms with E-state index in [2.05, 4.69) is 38.1 Å². The third kappa shape index (κ3) is 9.79. The van der Waals surface area contributed by atoms with Crippen LogP contribution in [-0.4, -0.2) is 59.7 Å². The number of phenolic OH excluding ortho intramolecular Hbond substituents is 1. The lowest BCUT2D eigenvalue weighted by atomic mass is 10.1. The van der Waals surface area contributed by atoms with Crippen LogP contribution in [-0.2, 0) is 4.79 Å². The summed E-state index contributed by atoms with van der Waals surface area (Å²) in [7, 11) is 1.59. The number of aryl methyl sites for hydroxylation is 1. The van der Waals surface area contributed by atoms with Gasteiger partial charge in [0.2, 0.25) is 0 Å². The van der Waals surface area contributed by atoms with Crippen molar-refractivity contribution in [2.24, 2.45) is 5.73 Å². The second kappa shape index (κ2) is 18.7. The van der Waals surface area contributed by atoms with Crippen LogP contribution in [0.3, 0.4) is 0 Å². The number of rotatable bonds is 14. The number of nitrogens with two attached hydrogens (primary N) is 1. The van der Waals surface area contributed by atoms with Crippen molar-refractivity contribution in [3.63, 3.8) is 0 Å². The fourth-order valence-corrected chi connectivity index (χ4v) is 7.62. The van der Waals surface area contributed by atoms with Gasteiger partial charge in [-0.3, -0.25) is 19.4 Å². The molecule has 0 saturated heterocycles. The van der Waals surface area contributed by atoms with Crippen molar-refractivity contribution in [1.82, 2.24) is 10.3 Å². The first kappa shape index (κ1) is 41.1. The van der Waals surface area contributed by atoms with E-state index < -0.39 is 12.0 Å². The number of aromatic hydroxyl groups is 1. The number of hydrogen-bond donors (Lipinski definition) is 7. The Kier molecular flexibility index (Phi) is 12.8. The van der Waals surface area contributed by atoms with Crippen molar-refractivity contribution in [2.75, 3.05) is 42.8 Å². The predicted molar refractivity (Wildman–Crippen MR) is 232 cm³/mol. The molecular weight excluding hydrogens is 781 g/mol. The van der Waals surface area contributed by atoms with Gasteiger partial charge in [0.05, 0.1) is 30.0 Å². The van der Waals surface area contributed by atoms with E-state index in [4.69, 9.17) is 15.2 Å². The van der Waals surface area contributed by atoms with Crippen LogP contribution in [0.2, 0.25) is 0 Å². The van der Waals surface area contributed by atoms with Crippen molar-refractivity contribution in [2.45, 2.75) is 35.7 Å². The lowest BCUT2D eigenvalue weighted by Gasteiger charge is -2.23. The van der Waals surface area contributed by atoms with E-state index in [9.17, 15) is 24.6 Å². The van der Waals surface area contributed by atoms with Crippen LogP contribution in [0.5, 0.6) is 17.2 Å². The van der Waals surface area contributed by atoms with E-state index >= 15 is 0 Å². The fourth-order valence-electron chi connectivity index (χ4n) is 6.61. The van der Waals surface area contributed by atoms with E-state index in [0.717, 1.165) is 43.9 Å². The second-order valence-corrected chi connectivity index (χ2v) is 15.1. The molecule has 1 atom stereocenters. The Hall–Kier alpha value is -7.05. The number of aliphatic hydroxyl groups excluding tert-OH is 1. The summed E-state index contributed by atoms with van der Waals surface area (Å²) in [4.78, 5) is 43.8. The molecule has 6 aromatic rings. The predicted octanol–water partition coefficient (Wildman–Crippen LogP) is 7.29. The first-order valence-electron chi connectivity index (χ1n) is 19.1. The normalized spacial score (nSPS) is 12.3. The van der Waals surface area contributed by atoms with E-state index in [-0.39, 0.29) is 47.7 Å². The van der Waals surface area contributed by atoms with Crippen molar-refractivity contribution in [1.29, 1.82) is 0 Å². The number of primary amides is 1. The van der Waals surface area contributed by atoms with E-state index in [1.807, 2.05) is 85.8 Å². The molecule has 0 unspecified atom stereocenters. The zero-order chi connectivity index (χ0) is 42.2. The number of nitrogens with one attached hydrogen (secondary N) is 4. The zero-order valence-corrected chi connectivity index (χ0v) is 33.6. The number of carbonyl (C=O) groups is 3. The summed E-state index contributed by atoms with van der Waals surface area (Å²) >= 11 is 1.48. The largest absolute Gasteiger partial charge is 0.506 e. The summed E-state index contributed by atoms with van der Waals surface area (Å²) in [5.74, 6) is 5.89. The standard InChI is InChI=1S/C46H42N6O7S/c1-27-20-34(23-36-41(27)49-24-37(45(47)56)42(36)50-31-10-7-11-32(22-31)58-2)60-33-12-6-9-29(21-33)46(57)51-30-15-13-28(14-16-30)8-4-3-5-19-48-25-39(54)35-17-18-38(53)43-44(35)59-26-40(55)52-43/h6-7,9-18,20-24,39,48,53-54H,3,5,19,25-26H2,1-2H3,(H2,47,56)(H,49,50)(H,51,57)(H,52,55)/t39-/m0/s1. The summed E-state index contributed by atoms with van der Waals surface area (Å²) in [6.07, 6.45) is 1.97. The third-order valence-electron chi connectivity index (χ3n) is 9.58. The van der Waals surface area contributed by atoms with Gasteiger partial charge >= 0.3 is 0 Å². The summed E-state index contributed by atoms with van der Waals surface area (Å²) in [5.41, 5.74) is 11.5. The number of carbonyl (C=O) groups excluding carboxylic acids is 3. The molecule has 14 heteroatoms. The number of phenols is 1. The number of methoxy groups -OCH3 is 1.